The van der Waals surface area contributed by atoms with E-state index >= 15 is 0 Å². The Morgan fingerprint density at radius 3 is 2.27 bits per heavy atom. The first-order valence-corrected chi connectivity index (χ1v) is 3.96. The Kier molecular flexibility index (Phi) is 8.96. The zero-order valence-corrected chi connectivity index (χ0v) is 6.90. The third-order valence-corrected chi connectivity index (χ3v) is 1.25. The van der Waals surface area contributed by atoms with Gasteiger partial charge in [0, 0.05) is 39.1 Å². The summed E-state index contributed by atoms with van der Waals surface area (Å²) < 4.78 is 0. The second kappa shape index (κ2) is 9.44. The summed E-state index contributed by atoms with van der Waals surface area (Å²) in [5, 5.41) is 6.37. The molecular formula is C8H17N3. The highest BCUT2D eigenvalue weighted by Gasteiger charge is 1.84. The van der Waals surface area contributed by atoms with Crippen LogP contribution in [0.3, 0.4) is 0 Å². The predicted molar refractivity (Wildman–Crippen MR) is 48.2 cm³/mol. The van der Waals surface area contributed by atoms with E-state index in [0.29, 0.717) is 6.54 Å². The second-order valence-electron chi connectivity index (χ2n) is 2.24. The molecule has 0 unspecified atom stereocenters. The minimum absolute atomic E-state index is 0.699. The van der Waals surface area contributed by atoms with E-state index in [2.05, 4.69) is 16.6 Å². The van der Waals surface area contributed by atoms with Crippen molar-refractivity contribution in [3.63, 3.8) is 0 Å². The highest BCUT2D eigenvalue weighted by atomic mass is 14.9. The molecule has 0 aromatic rings. The van der Waals surface area contributed by atoms with Gasteiger partial charge in [0.2, 0.25) is 0 Å². The summed E-state index contributed by atoms with van der Waals surface area (Å²) in [4.78, 5) is 0. The van der Waals surface area contributed by atoms with Crippen LogP contribution in [0.1, 0.15) is 6.42 Å². The molecular weight excluding hydrogens is 138 g/mol. The van der Waals surface area contributed by atoms with Crippen molar-refractivity contribution in [1.82, 2.24) is 10.6 Å². The van der Waals surface area contributed by atoms with Gasteiger partial charge in [-0.1, -0.05) is 0 Å². The Morgan fingerprint density at radius 2 is 1.73 bits per heavy atom. The maximum atomic E-state index is 5.28. The molecule has 0 fully saturated rings. The lowest BCUT2D eigenvalue weighted by Gasteiger charge is -2.02. The molecule has 0 heterocycles. The van der Waals surface area contributed by atoms with Crippen molar-refractivity contribution in [2.45, 2.75) is 6.42 Å². The van der Waals surface area contributed by atoms with Crippen LogP contribution in [0.25, 0.3) is 0 Å². The number of terminal acetylenes is 1. The van der Waals surface area contributed by atoms with Crippen LogP contribution in [-0.2, 0) is 0 Å². The Labute approximate surface area is 68.7 Å². The minimum Gasteiger partial charge on any atom is -0.329 e. The van der Waals surface area contributed by atoms with Crippen LogP contribution in [0.15, 0.2) is 0 Å². The number of hydrogen-bond donors (Lipinski definition) is 3. The molecule has 0 atom stereocenters. The fourth-order valence-corrected chi connectivity index (χ4v) is 0.689. The fourth-order valence-electron chi connectivity index (χ4n) is 0.689. The quantitative estimate of drug-likeness (QED) is 0.331. The van der Waals surface area contributed by atoms with E-state index in [-0.39, 0.29) is 0 Å². The predicted octanol–water partition coefficient (Wildman–Crippen LogP) is -0.852. The van der Waals surface area contributed by atoms with E-state index in [1.807, 2.05) is 0 Å². The van der Waals surface area contributed by atoms with Crippen molar-refractivity contribution in [2.75, 3.05) is 32.7 Å². The molecule has 11 heavy (non-hydrogen) atoms. The summed E-state index contributed by atoms with van der Waals surface area (Å²) in [6.45, 7) is 4.41. The van der Waals surface area contributed by atoms with Crippen molar-refractivity contribution in [2.24, 2.45) is 5.73 Å². The molecule has 3 heteroatoms. The highest BCUT2D eigenvalue weighted by molar-refractivity contribution is 4.83. The molecule has 0 saturated heterocycles. The molecule has 0 rings (SSSR count). The van der Waals surface area contributed by atoms with Crippen LogP contribution in [0, 0.1) is 12.3 Å². The molecule has 0 aromatic carbocycles. The van der Waals surface area contributed by atoms with Gasteiger partial charge in [-0.15, -0.1) is 12.3 Å². The van der Waals surface area contributed by atoms with E-state index in [9.17, 15) is 0 Å². The lowest BCUT2D eigenvalue weighted by atomic mass is 10.4. The van der Waals surface area contributed by atoms with Crippen LogP contribution < -0.4 is 16.4 Å². The van der Waals surface area contributed by atoms with Crippen LogP contribution in [0.5, 0.6) is 0 Å². The topological polar surface area (TPSA) is 50.1 Å². The van der Waals surface area contributed by atoms with Gasteiger partial charge in [-0.25, -0.2) is 0 Å². The molecule has 0 aliphatic heterocycles. The highest BCUT2D eigenvalue weighted by Crippen LogP contribution is 1.68. The molecule has 64 valence electrons. The molecule has 0 bridgehead atoms. The summed E-state index contributed by atoms with van der Waals surface area (Å²) in [6.07, 6.45) is 5.87. The standard InChI is InChI=1S/C8H17N3/c1-2-3-5-10-7-8-11-6-4-9/h1,10-11H,3-9H2. The SMILES string of the molecule is C#CCCNCCNCCN. The summed E-state index contributed by atoms with van der Waals surface area (Å²) in [7, 11) is 0. The van der Waals surface area contributed by atoms with Gasteiger partial charge in [-0.3, -0.25) is 0 Å². The van der Waals surface area contributed by atoms with Gasteiger partial charge in [0.1, 0.15) is 0 Å². The average molecular weight is 155 g/mol. The summed E-state index contributed by atoms with van der Waals surface area (Å²) in [5.74, 6) is 2.57. The molecule has 3 nitrogen and oxygen atoms in total. The van der Waals surface area contributed by atoms with Crippen LogP contribution in [-0.4, -0.2) is 32.7 Å². The van der Waals surface area contributed by atoms with Gasteiger partial charge in [-0.05, 0) is 0 Å². The first-order valence-electron chi connectivity index (χ1n) is 3.96. The summed E-state index contributed by atoms with van der Waals surface area (Å²) in [5.41, 5.74) is 5.28. The van der Waals surface area contributed by atoms with Crippen molar-refractivity contribution < 1.29 is 0 Å². The molecule has 0 amide bonds. The van der Waals surface area contributed by atoms with Gasteiger partial charge in [0.25, 0.3) is 0 Å². The Balaban J connectivity index is 2.75. The van der Waals surface area contributed by atoms with E-state index < -0.39 is 0 Å². The van der Waals surface area contributed by atoms with Gasteiger partial charge < -0.3 is 16.4 Å². The molecule has 0 spiro atoms. The largest absolute Gasteiger partial charge is 0.329 e. The molecule has 0 radical (unpaired) electrons. The van der Waals surface area contributed by atoms with Crippen molar-refractivity contribution >= 4 is 0 Å². The maximum Gasteiger partial charge on any atom is 0.0211 e. The smallest absolute Gasteiger partial charge is 0.0211 e. The zero-order chi connectivity index (χ0) is 8.36. The first-order chi connectivity index (χ1) is 5.41. The van der Waals surface area contributed by atoms with Crippen molar-refractivity contribution in [1.29, 1.82) is 0 Å². The van der Waals surface area contributed by atoms with Crippen LogP contribution in [0.4, 0.5) is 0 Å². The fraction of sp³-hybridized carbons (Fsp3) is 0.750. The normalized spacial score (nSPS) is 9.45. The Hall–Kier alpha value is -0.560. The Morgan fingerprint density at radius 1 is 1.09 bits per heavy atom. The monoisotopic (exact) mass is 155 g/mol. The zero-order valence-electron chi connectivity index (χ0n) is 6.90. The van der Waals surface area contributed by atoms with E-state index in [1.165, 1.54) is 0 Å². The Bertz CT molecular complexity index is 106. The van der Waals surface area contributed by atoms with Gasteiger partial charge in [0.15, 0.2) is 0 Å². The van der Waals surface area contributed by atoms with Gasteiger partial charge in [-0.2, -0.15) is 0 Å². The summed E-state index contributed by atoms with van der Waals surface area (Å²) in [6, 6.07) is 0. The average Bonchev–Trinajstić information content (AvgIpc) is 2.03. The van der Waals surface area contributed by atoms with Gasteiger partial charge >= 0.3 is 0 Å². The third kappa shape index (κ3) is 9.44. The molecule has 0 aromatic heterocycles. The van der Waals surface area contributed by atoms with Crippen molar-refractivity contribution in [3.05, 3.63) is 0 Å². The van der Waals surface area contributed by atoms with E-state index in [0.717, 1.165) is 32.6 Å². The number of rotatable bonds is 7. The first kappa shape index (κ1) is 10.4. The maximum absolute atomic E-state index is 5.28. The number of hydrogen-bond acceptors (Lipinski definition) is 3. The van der Waals surface area contributed by atoms with Crippen molar-refractivity contribution in [3.8, 4) is 12.3 Å². The third-order valence-electron chi connectivity index (χ3n) is 1.25. The van der Waals surface area contributed by atoms with Crippen LogP contribution in [0.2, 0.25) is 0 Å². The molecule has 0 aliphatic rings. The minimum atomic E-state index is 0.699. The molecule has 0 saturated carbocycles. The number of nitrogens with one attached hydrogen (secondary N) is 2. The van der Waals surface area contributed by atoms with Gasteiger partial charge in [0.05, 0.1) is 0 Å². The summed E-state index contributed by atoms with van der Waals surface area (Å²) >= 11 is 0. The second-order valence-corrected chi connectivity index (χ2v) is 2.24. The van der Waals surface area contributed by atoms with E-state index in [4.69, 9.17) is 12.2 Å². The molecule has 4 N–H and O–H groups in total. The molecule has 0 aliphatic carbocycles. The van der Waals surface area contributed by atoms with Crippen LogP contribution >= 0.6 is 0 Å². The lowest BCUT2D eigenvalue weighted by Crippen LogP contribution is -2.31. The number of nitrogens with two attached hydrogens (primary N) is 1. The lowest BCUT2D eigenvalue weighted by molar-refractivity contribution is 0.620. The van der Waals surface area contributed by atoms with E-state index in [1.54, 1.807) is 0 Å².